The van der Waals surface area contributed by atoms with E-state index in [9.17, 15) is 9.59 Å². The topological polar surface area (TPSA) is 132 Å². The van der Waals surface area contributed by atoms with Crippen molar-refractivity contribution < 1.29 is 34.8 Å². The molecule has 14 heavy (non-hydrogen) atoms. The molecule has 0 aliphatic rings. The predicted molar refractivity (Wildman–Crippen MR) is 46.3 cm³/mol. The molecular weight excluding hydrogens is 196 g/mol. The molecule has 0 aromatic rings. The number of carboxylic acids is 2. The van der Waals surface area contributed by atoms with Crippen LogP contribution in [-0.2, 0) is 9.59 Å². The Morgan fingerprint density at radius 3 is 0.857 bits per heavy atom. The maximum atomic E-state index is 9.25. The minimum Gasteiger partial charge on any atom is -0.478 e. The molecule has 0 unspecified atom stereocenters. The molecule has 0 aliphatic carbocycles. The van der Waals surface area contributed by atoms with Gasteiger partial charge in [-0.25, -0.2) is 14.4 Å². The van der Waals surface area contributed by atoms with Crippen molar-refractivity contribution in [2.45, 2.75) is 0 Å². The summed E-state index contributed by atoms with van der Waals surface area (Å²) in [4.78, 5) is 27.1. The first-order chi connectivity index (χ1) is 6.27. The van der Waals surface area contributed by atoms with E-state index in [-0.39, 0.29) is 0 Å². The highest BCUT2D eigenvalue weighted by Gasteiger charge is 1.73. The van der Waals surface area contributed by atoms with Crippen LogP contribution in [0.1, 0.15) is 0 Å². The SMILES string of the molecule is C=CC(=O)O.C=CC(=O)O.O=C(O)O. The van der Waals surface area contributed by atoms with E-state index in [2.05, 4.69) is 13.2 Å². The lowest BCUT2D eigenvalue weighted by Gasteiger charge is -1.64. The number of aliphatic carboxylic acids is 2. The number of hydrogen-bond donors (Lipinski definition) is 4. The molecule has 0 bridgehead atoms. The molecule has 0 fully saturated rings. The molecule has 7 nitrogen and oxygen atoms in total. The Morgan fingerprint density at radius 1 is 0.786 bits per heavy atom. The first kappa shape index (κ1) is 17.7. The first-order valence-corrected chi connectivity index (χ1v) is 2.90. The van der Waals surface area contributed by atoms with Gasteiger partial charge in [0.1, 0.15) is 0 Å². The Morgan fingerprint density at radius 2 is 0.857 bits per heavy atom. The number of hydrogen-bond acceptors (Lipinski definition) is 3. The summed E-state index contributed by atoms with van der Waals surface area (Å²) in [6.45, 7) is 5.92. The van der Waals surface area contributed by atoms with Gasteiger partial charge in [-0.3, -0.25) is 0 Å². The fourth-order valence-electron chi connectivity index (χ4n) is 0. The summed E-state index contributed by atoms with van der Waals surface area (Å²) in [5.41, 5.74) is 0. The van der Waals surface area contributed by atoms with E-state index in [1.165, 1.54) is 0 Å². The van der Waals surface area contributed by atoms with E-state index in [0.717, 1.165) is 12.2 Å². The van der Waals surface area contributed by atoms with Crippen molar-refractivity contribution in [3.8, 4) is 0 Å². The molecule has 7 heteroatoms. The Hall–Kier alpha value is -2.31. The fraction of sp³-hybridized carbons (Fsp3) is 0. The molecule has 0 rings (SSSR count). The summed E-state index contributed by atoms with van der Waals surface area (Å²) in [5, 5.41) is 29.2. The molecule has 0 aromatic carbocycles. The molecule has 0 saturated carbocycles. The quantitative estimate of drug-likeness (QED) is 0.489. The molecule has 0 atom stereocenters. The largest absolute Gasteiger partial charge is 0.503 e. The van der Waals surface area contributed by atoms with Crippen molar-refractivity contribution in [2.24, 2.45) is 0 Å². The molecule has 0 spiro atoms. The first-order valence-electron chi connectivity index (χ1n) is 2.90. The van der Waals surface area contributed by atoms with Crippen LogP contribution in [0, 0.1) is 0 Å². The Balaban J connectivity index is -0.000000131. The molecule has 0 heterocycles. The third-order valence-electron chi connectivity index (χ3n) is 0.349. The number of carbonyl (C=O) groups is 3. The van der Waals surface area contributed by atoms with Gasteiger partial charge >= 0.3 is 18.1 Å². The van der Waals surface area contributed by atoms with Crippen LogP contribution in [-0.4, -0.2) is 38.5 Å². The van der Waals surface area contributed by atoms with E-state index in [1.807, 2.05) is 0 Å². The van der Waals surface area contributed by atoms with E-state index < -0.39 is 18.1 Å². The van der Waals surface area contributed by atoms with Gasteiger partial charge in [0.05, 0.1) is 0 Å². The van der Waals surface area contributed by atoms with E-state index in [0.29, 0.717) is 0 Å². The van der Waals surface area contributed by atoms with Crippen molar-refractivity contribution in [3.05, 3.63) is 25.3 Å². The standard InChI is InChI=1S/2C3H4O2.CH2O3/c2*1-2-3(4)5;2-1(3)4/h2*2H,1H2,(H,4,5);(H2,2,3,4). The Bertz CT molecular complexity index is 196. The van der Waals surface area contributed by atoms with Crippen molar-refractivity contribution in [1.29, 1.82) is 0 Å². The highest BCUT2D eigenvalue weighted by molar-refractivity contribution is 5.79. The molecule has 0 aliphatic heterocycles. The van der Waals surface area contributed by atoms with Gasteiger partial charge in [-0.2, -0.15) is 0 Å². The van der Waals surface area contributed by atoms with Gasteiger partial charge < -0.3 is 20.4 Å². The average Bonchev–Trinajstić information content (AvgIpc) is 2.04. The molecule has 0 saturated heterocycles. The van der Waals surface area contributed by atoms with Gasteiger partial charge in [0, 0.05) is 12.2 Å². The highest BCUT2D eigenvalue weighted by atomic mass is 16.6. The zero-order valence-corrected chi connectivity index (χ0v) is 7.08. The van der Waals surface area contributed by atoms with Crippen molar-refractivity contribution >= 4 is 18.1 Å². The third kappa shape index (κ3) is 256. The zero-order valence-electron chi connectivity index (χ0n) is 7.08. The molecular formula is C7H10O7. The van der Waals surface area contributed by atoms with Crippen LogP contribution in [0.4, 0.5) is 4.79 Å². The summed E-state index contributed by atoms with van der Waals surface area (Å²) in [7, 11) is 0. The second-order valence-electron chi connectivity index (χ2n) is 1.37. The molecule has 0 radical (unpaired) electrons. The van der Waals surface area contributed by atoms with E-state index >= 15 is 0 Å². The highest BCUT2D eigenvalue weighted by Crippen LogP contribution is 1.55. The van der Waals surface area contributed by atoms with E-state index in [4.69, 9.17) is 25.2 Å². The molecule has 0 amide bonds. The minimum absolute atomic E-state index is 0.833. The minimum atomic E-state index is -1.83. The molecule has 4 N–H and O–H groups in total. The van der Waals surface area contributed by atoms with Gasteiger partial charge in [0.15, 0.2) is 0 Å². The summed E-state index contributed by atoms with van der Waals surface area (Å²) in [5.74, 6) is -1.96. The Labute approximate surface area is 79.2 Å². The lowest BCUT2D eigenvalue weighted by atomic mass is 10.7. The van der Waals surface area contributed by atoms with Gasteiger partial charge in [-0.1, -0.05) is 13.2 Å². The van der Waals surface area contributed by atoms with Crippen LogP contribution in [0.5, 0.6) is 0 Å². The third-order valence-corrected chi connectivity index (χ3v) is 0.349. The lowest BCUT2D eigenvalue weighted by Crippen LogP contribution is -1.82. The predicted octanol–water partition coefficient (Wildman–Crippen LogP) is 0.736. The van der Waals surface area contributed by atoms with E-state index in [1.54, 1.807) is 0 Å². The van der Waals surface area contributed by atoms with Crippen molar-refractivity contribution in [1.82, 2.24) is 0 Å². The average molecular weight is 206 g/mol. The van der Waals surface area contributed by atoms with Crippen LogP contribution in [0.3, 0.4) is 0 Å². The van der Waals surface area contributed by atoms with Crippen LogP contribution >= 0.6 is 0 Å². The second-order valence-corrected chi connectivity index (χ2v) is 1.37. The van der Waals surface area contributed by atoms with Crippen LogP contribution in [0.25, 0.3) is 0 Å². The molecule has 80 valence electrons. The van der Waals surface area contributed by atoms with Crippen molar-refractivity contribution in [2.75, 3.05) is 0 Å². The number of rotatable bonds is 2. The van der Waals surface area contributed by atoms with Crippen LogP contribution in [0.2, 0.25) is 0 Å². The maximum absolute atomic E-state index is 9.25. The summed E-state index contributed by atoms with van der Waals surface area (Å²) in [6.07, 6.45) is -0.167. The van der Waals surface area contributed by atoms with Crippen LogP contribution in [0.15, 0.2) is 25.3 Å². The van der Waals surface area contributed by atoms with Gasteiger partial charge in [0.2, 0.25) is 0 Å². The Kier molecular flexibility index (Phi) is 16.8. The zero-order chi connectivity index (χ0) is 12.1. The fourth-order valence-corrected chi connectivity index (χ4v) is 0. The molecule has 0 aromatic heterocycles. The van der Waals surface area contributed by atoms with Gasteiger partial charge in [-0.15, -0.1) is 0 Å². The summed E-state index contributed by atoms with van der Waals surface area (Å²) < 4.78 is 0. The second kappa shape index (κ2) is 13.3. The summed E-state index contributed by atoms with van der Waals surface area (Å²) in [6, 6.07) is 0. The number of carboxylic acid groups (broad SMARTS) is 4. The lowest BCUT2D eigenvalue weighted by molar-refractivity contribution is -0.132. The van der Waals surface area contributed by atoms with Gasteiger partial charge in [-0.05, 0) is 0 Å². The smallest absolute Gasteiger partial charge is 0.478 e. The normalized spacial score (nSPS) is 6.29. The maximum Gasteiger partial charge on any atom is 0.503 e. The van der Waals surface area contributed by atoms with Gasteiger partial charge in [0.25, 0.3) is 0 Å². The summed E-state index contributed by atoms with van der Waals surface area (Å²) >= 11 is 0. The van der Waals surface area contributed by atoms with Crippen LogP contribution < -0.4 is 0 Å². The van der Waals surface area contributed by atoms with Crippen molar-refractivity contribution in [3.63, 3.8) is 0 Å². The monoisotopic (exact) mass is 206 g/mol.